The van der Waals surface area contributed by atoms with Crippen LogP contribution in [-0.4, -0.2) is 29.8 Å². The molecule has 10 heteroatoms. The van der Waals surface area contributed by atoms with Crippen molar-refractivity contribution in [1.29, 1.82) is 5.26 Å². The van der Waals surface area contributed by atoms with Crippen molar-refractivity contribution in [2.24, 2.45) is 11.1 Å². The third-order valence-electron chi connectivity index (χ3n) is 5.66. The molecular formula is C22H25BrFN5O3. The van der Waals surface area contributed by atoms with Crippen LogP contribution in [0.4, 0.5) is 20.7 Å². The first-order valence-electron chi connectivity index (χ1n) is 10.1. The molecule has 1 fully saturated rings. The van der Waals surface area contributed by atoms with Crippen LogP contribution >= 0.6 is 15.9 Å². The van der Waals surface area contributed by atoms with Gasteiger partial charge in [-0.3, -0.25) is 4.79 Å². The maximum Gasteiger partial charge on any atom is 0.404 e. The zero-order chi connectivity index (χ0) is 23.8. The van der Waals surface area contributed by atoms with E-state index in [0.29, 0.717) is 36.5 Å². The molecule has 2 atom stereocenters. The highest BCUT2D eigenvalue weighted by Gasteiger charge is 2.39. The lowest BCUT2D eigenvalue weighted by Gasteiger charge is -2.46. The van der Waals surface area contributed by atoms with Gasteiger partial charge in [-0.25, -0.2) is 9.18 Å². The number of halogens is 2. The number of hydrogen-bond acceptors (Lipinski definition) is 6. The Balaban J connectivity index is 2.11. The summed E-state index contributed by atoms with van der Waals surface area (Å²) in [5, 5.41) is 8.99. The summed E-state index contributed by atoms with van der Waals surface area (Å²) in [6.07, 6.45) is -0.153. The second kappa shape index (κ2) is 8.82. The number of H-pyrrole nitrogens is 1. The van der Waals surface area contributed by atoms with E-state index < -0.39 is 17.3 Å². The Kier molecular flexibility index (Phi) is 6.51. The Labute approximate surface area is 193 Å². The van der Waals surface area contributed by atoms with Gasteiger partial charge < -0.3 is 26.1 Å². The van der Waals surface area contributed by atoms with Crippen molar-refractivity contribution in [3.8, 4) is 17.3 Å². The van der Waals surface area contributed by atoms with Gasteiger partial charge in [0.1, 0.15) is 29.5 Å². The molecule has 1 saturated heterocycles. The Morgan fingerprint density at radius 1 is 1.41 bits per heavy atom. The van der Waals surface area contributed by atoms with Gasteiger partial charge in [-0.05, 0) is 33.5 Å². The van der Waals surface area contributed by atoms with Crippen LogP contribution in [0.3, 0.4) is 0 Å². The molecule has 0 saturated carbocycles. The van der Waals surface area contributed by atoms with Crippen molar-refractivity contribution in [3.05, 3.63) is 44.3 Å². The van der Waals surface area contributed by atoms with Crippen molar-refractivity contribution in [1.82, 2.24) is 4.98 Å². The van der Waals surface area contributed by atoms with E-state index in [9.17, 15) is 14.0 Å². The number of benzene rings is 1. The Bertz CT molecular complexity index is 1150. The van der Waals surface area contributed by atoms with Crippen LogP contribution in [-0.2, 0) is 4.74 Å². The number of primary amides is 1. The molecule has 1 aliphatic heterocycles. The lowest BCUT2D eigenvalue weighted by Crippen LogP contribution is -2.52. The molecule has 2 aromatic rings. The number of piperidine rings is 1. The predicted octanol–water partition coefficient (Wildman–Crippen LogP) is 3.88. The van der Waals surface area contributed by atoms with E-state index in [1.807, 2.05) is 25.7 Å². The average molecular weight is 506 g/mol. The quantitative estimate of drug-likeness (QED) is 0.578. The number of nitrogens with zero attached hydrogens (tertiary/aromatic N) is 2. The predicted molar refractivity (Wildman–Crippen MR) is 124 cm³/mol. The molecule has 1 aromatic heterocycles. The minimum atomic E-state index is -0.821. The molecular weight excluding hydrogens is 481 g/mol. The molecule has 5 N–H and O–H groups in total. The molecule has 32 heavy (non-hydrogen) atoms. The third kappa shape index (κ3) is 4.58. The maximum absolute atomic E-state index is 14.3. The first kappa shape index (κ1) is 23.6. The molecule has 2 heterocycles. The minimum Gasteiger partial charge on any atom is -0.446 e. The standard InChI is InChI=1S/C22H25BrFN5O3/c1-22(2,3)15-9-13(32-21(27)31)6-7-29(15)20-17(26)19(30)16(23)18(28-20)11-4-5-12(10-25)14(24)8-11/h4-5,8,13,15H,6-7,9,26H2,1-3H3,(H2,27,31)(H,28,30). The molecule has 0 bridgehead atoms. The van der Waals surface area contributed by atoms with E-state index in [2.05, 4.69) is 20.9 Å². The average Bonchev–Trinajstić information content (AvgIpc) is 2.71. The van der Waals surface area contributed by atoms with Crippen molar-refractivity contribution >= 4 is 33.5 Å². The molecule has 0 spiro atoms. The largest absolute Gasteiger partial charge is 0.446 e. The first-order chi connectivity index (χ1) is 14.9. The Morgan fingerprint density at radius 2 is 2.09 bits per heavy atom. The number of ether oxygens (including phenoxy) is 1. The van der Waals surface area contributed by atoms with Crippen LogP contribution in [0.5, 0.6) is 0 Å². The SMILES string of the molecule is CC(C)(C)C1CC(OC(N)=O)CCN1c1[nH]c(-c2ccc(C#N)c(F)c2)c(Br)c(=O)c1N. The highest BCUT2D eigenvalue weighted by molar-refractivity contribution is 9.10. The number of aromatic amines is 1. The number of nitrogens with one attached hydrogen (secondary N) is 1. The summed E-state index contributed by atoms with van der Waals surface area (Å²) < 4.78 is 19.7. The number of carbonyl (C=O) groups excluding carboxylic acids is 1. The Hall–Kier alpha value is -3.06. The van der Waals surface area contributed by atoms with E-state index in [0.717, 1.165) is 0 Å². The summed E-state index contributed by atoms with van der Waals surface area (Å²) in [4.78, 5) is 29.4. The fraction of sp³-hybridized carbons (Fsp3) is 0.409. The van der Waals surface area contributed by atoms with Crippen LogP contribution in [0.1, 0.15) is 39.2 Å². The van der Waals surface area contributed by atoms with Crippen LogP contribution in [0.15, 0.2) is 27.5 Å². The summed E-state index contributed by atoms with van der Waals surface area (Å²) in [6.45, 7) is 6.59. The number of anilines is 2. The molecule has 3 rings (SSSR count). The smallest absolute Gasteiger partial charge is 0.404 e. The van der Waals surface area contributed by atoms with Crippen LogP contribution in [0.25, 0.3) is 11.3 Å². The normalized spacial score (nSPS) is 18.8. The van der Waals surface area contributed by atoms with E-state index in [1.54, 1.807) is 12.1 Å². The second-order valence-electron chi connectivity index (χ2n) is 8.87. The lowest BCUT2D eigenvalue weighted by molar-refractivity contribution is 0.0668. The fourth-order valence-electron chi connectivity index (χ4n) is 4.06. The van der Waals surface area contributed by atoms with E-state index in [1.165, 1.54) is 12.1 Å². The highest BCUT2D eigenvalue weighted by Crippen LogP contribution is 2.38. The number of nitriles is 1. The first-order valence-corrected chi connectivity index (χ1v) is 10.9. The molecule has 1 amide bonds. The highest BCUT2D eigenvalue weighted by atomic mass is 79.9. The van der Waals surface area contributed by atoms with Gasteiger partial charge in [0, 0.05) is 31.0 Å². The zero-order valence-corrected chi connectivity index (χ0v) is 19.6. The number of aromatic nitrogens is 1. The van der Waals surface area contributed by atoms with Crippen LogP contribution in [0, 0.1) is 22.6 Å². The van der Waals surface area contributed by atoms with Crippen molar-refractivity contribution in [2.75, 3.05) is 17.2 Å². The number of hydrogen-bond donors (Lipinski definition) is 3. The van der Waals surface area contributed by atoms with Crippen LogP contribution < -0.4 is 21.8 Å². The van der Waals surface area contributed by atoms with Gasteiger partial charge in [0.25, 0.3) is 0 Å². The molecule has 1 aromatic carbocycles. The zero-order valence-electron chi connectivity index (χ0n) is 18.0. The summed E-state index contributed by atoms with van der Waals surface area (Å²) in [5.41, 5.74) is 11.4. The molecule has 0 aliphatic carbocycles. The van der Waals surface area contributed by atoms with Gasteiger partial charge in [-0.1, -0.05) is 26.8 Å². The second-order valence-corrected chi connectivity index (χ2v) is 9.66. The third-order valence-corrected chi connectivity index (χ3v) is 6.42. The van der Waals surface area contributed by atoms with E-state index in [4.69, 9.17) is 21.5 Å². The fourth-order valence-corrected chi connectivity index (χ4v) is 4.60. The lowest BCUT2D eigenvalue weighted by atomic mass is 9.79. The summed E-state index contributed by atoms with van der Waals surface area (Å²) in [6, 6.07) is 5.76. The molecule has 0 radical (unpaired) electrons. The van der Waals surface area contributed by atoms with Crippen LogP contribution in [0.2, 0.25) is 0 Å². The molecule has 8 nitrogen and oxygen atoms in total. The van der Waals surface area contributed by atoms with Gasteiger partial charge >= 0.3 is 6.09 Å². The minimum absolute atomic E-state index is 0.0262. The number of nitrogen functional groups attached to an aromatic ring is 1. The van der Waals surface area contributed by atoms with Crippen molar-refractivity contribution in [3.63, 3.8) is 0 Å². The monoisotopic (exact) mass is 505 g/mol. The number of carbonyl (C=O) groups is 1. The number of nitrogens with two attached hydrogens (primary N) is 2. The summed E-state index contributed by atoms with van der Waals surface area (Å²) >= 11 is 3.28. The van der Waals surface area contributed by atoms with Gasteiger partial charge in [-0.15, -0.1) is 0 Å². The van der Waals surface area contributed by atoms with Gasteiger partial charge in [0.05, 0.1) is 15.7 Å². The molecule has 1 aliphatic rings. The van der Waals surface area contributed by atoms with Gasteiger partial charge in [0.15, 0.2) is 0 Å². The topological polar surface area (TPSA) is 138 Å². The van der Waals surface area contributed by atoms with Gasteiger partial charge in [-0.2, -0.15) is 5.26 Å². The summed E-state index contributed by atoms with van der Waals surface area (Å²) in [7, 11) is 0. The number of amides is 1. The number of rotatable bonds is 3. The number of pyridine rings is 1. The molecule has 2 unspecified atom stereocenters. The van der Waals surface area contributed by atoms with E-state index >= 15 is 0 Å². The van der Waals surface area contributed by atoms with Crippen molar-refractivity contribution in [2.45, 2.75) is 45.8 Å². The maximum atomic E-state index is 14.3. The van der Waals surface area contributed by atoms with E-state index in [-0.39, 0.29) is 33.3 Å². The summed E-state index contributed by atoms with van der Waals surface area (Å²) in [5.74, 6) is -0.275. The molecule has 170 valence electrons. The van der Waals surface area contributed by atoms with Gasteiger partial charge in [0.2, 0.25) is 5.43 Å². The Morgan fingerprint density at radius 3 is 2.66 bits per heavy atom. The van der Waals surface area contributed by atoms with Crippen molar-refractivity contribution < 1.29 is 13.9 Å².